The highest BCUT2D eigenvalue weighted by molar-refractivity contribution is 7.98. The molecule has 2 aromatic heterocycles. The molecule has 2 heterocycles. The summed E-state index contributed by atoms with van der Waals surface area (Å²) in [7, 11) is 0. The Kier molecular flexibility index (Phi) is 6.06. The minimum atomic E-state index is 0.622. The van der Waals surface area contributed by atoms with Crippen molar-refractivity contribution in [1.82, 2.24) is 19.7 Å². The van der Waals surface area contributed by atoms with Crippen LogP contribution in [0.5, 0.6) is 5.75 Å². The number of benzene rings is 2. The molecule has 6 nitrogen and oxygen atoms in total. The molecule has 0 radical (unpaired) electrons. The first kappa shape index (κ1) is 19.7. The van der Waals surface area contributed by atoms with E-state index in [4.69, 9.17) is 10.00 Å². The van der Waals surface area contributed by atoms with Crippen molar-refractivity contribution in [3.05, 3.63) is 84.2 Å². The van der Waals surface area contributed by atoms with Crippen LogP contribution in [-0.4, -0.2) is 26.4 Å². The van der Waals surface area contributed by atoms with Gasteiger partial charge < -0.3 is 4.74 Å². The standard InChI is InChI=1S/C23H19N5OS/c1-2-29-21-8-6-20(7-9-21)28-22(19-10-12-25-13-11-19)26-27-23(28)30-16-18-5-3-4-17(14-18)15-24/h3-14H,2,16H2,1H3. The van der Waals surface area contributed by atoms with E-state index in [0.717, 1.165) is 33.5 Å². The van der Waals surface area contributed by atoms with Crippen molar-refractivity contribution in [2.24, 2.45) is 0 Å². The normalized spacial score (nSPS) is 10.5. The van der Waals surface area contributed by atoms with Crippen LogP contribution in [0.4, 0.5) is 0 Å². The molecule has 0 spiro atoms. The lowest BCUT2D eigenvalue weighted by Gasteiger charge is -2.11. The number of aromatic nitrogens is 4. The third-order valence-electron chi connectivity index (χ3n) is 4.40. The Bertz CT molecular complexity index is 1170. The fourth-order valence-corrected chi connectivity index (χ4v) is 3.92. The van der Waals surface area contributed by atoms with Gasteiger partial charge in [0.2, 0.25) is 0 Å². The van der Waals surface area contributed by atoms with Crippen molar-refractivity contribution in [1.29, 1.82) is 5.26 Å². The summed E-state index contributed by atoms with van der Waals surface area (Å²) in [5.41, 5.74) is 3.59. The predicted molar refractivity (Wildman–Crippen MR) is 116 cm³/mol. The van der Waals surface area contributed by atoms with Gasteiger partial charge >= 0.3 is 0 Å². The fraction of sp³-hybridized carbons (Fsp3) is 0.130. The lowest BCUT2D eigenvalue weighted by atomic mass is 10.2. The molecule has 0 bridgehead atoms. The van der Waals surface area contributed by atoms with E-state index in [-0.39, 0.29) is 0 Å². The molecule has 0 aliphatic carbocycles. The van der Waals surface area contributed by atoms with Crippen LogP contribution in [0.15, 0.2) is 78.2 Å². The van der Waals surface area contributed by atoms with Crippen molar-refractivity contribution < 1.29 is 4.74 Å². The van der Waals surface area contributed by atoms with Crippen molar-refractivity contribution in [3.63, 3.8) is 0 Å². The highest BCUT2D eigenvalue weighted by Gasteiger charge is 2.16. The topological polar surface area (TPSA) is 76.6 Å². The molecule has 0 N–H and O–H groups in total. The van der Waals surface area contributed by atoms with Crippen LogP contribution in [0.2, 0.25) is 0 Å². The summed E-state index contributed by atoms with van der Waals surface area (Å²) < 4.78 is 7.60. The van der Waals surface area contributed by atoms with Gasteiger partial charge in [0.25, 0.3) is 0 Å². The van der Waals surface area contributed by atoms with Crippen molar-refractivity contribution in [2.75, 3.05) is 6.61 Å². The number of nitrogens with zero attached hydrogens (tertiary/aromatic N) is 5. The highest BCUT2D eigenvalue weighted by Crippen LogP contribution is 2.30. The van der Waals surface area contributed by atoms with Gasteiger partial charge in [0, 0.05) is 29.4 Å². The zero-order chi connectivity index (χ0) is 20.8. The number of ether oxygens (including phenoxy) is 1. The Morgan fingerprint density at radius 2 is 1.83 bits per heavy atom. The third-order valence-corrected chi connectivity index (χ3v) is 5.40. The van der Waals surface area contributed by atoms with Crippen LogP contribution < -0.4 is 4.74 Å². The Morgan fingerprint density at radius 3 is 2.57 bits per heavy atom. The van der Waals surface area contributed by atoms with Crippen LogP contribution in [0, 0.1) is 11.3 Å². The number of thioether (sulfide) groups is 1. The molecule has 2 aromatic carbocycles. The van der Waals surface area contributed by atoms with Crippen molar-refractivity contribution in [3.8, 4) is 28.9 Å². The Balaban J connectivity index is 1.69. The molecular formula is C23H19N5OS. The lowest BCUT2D eigenvalue weighted by Crippen LogP contribution is -2.00. The maximum atomic E-state index is 9.13. The van der Waals surface area contributed by atoms with E-state index in [2.05, 4.69) is 21.3 Å². The van der Waals surface area contributed by atoms with Gasteiger partial charge in [0.1, 0.15) is 5.75 Å². The smallest absolute Gasteiger partial charge is 0.196 e. The highest BCUT2D eigenvalue weighted by atomic mass is 32.2. The SMILES string of the molecule is CCOc1ccc(-n2c(SCc3cccc(C#N)c3)nnc2-c2ccncc2)cc1. The van der Waals surface area contributed by atoms with E-state index in [1.165, 1.54) is 0 Å². The predicted octanol–water partition coefficient (Wildman–Crippen LogP) is 4.89. The molecular weight excluding hydrogens is 394 g/mol. The molecule has 4 rings (SSSR count). The number of rotatable bonds is 7. The monoisotopic (exact) mass is 413 g/mol. The third kappa shape index (κ3) is 4.34. The van der Waals surface area contributed by atoms with Crippen LogP contribution in [0.3, 0.4) is 0 Å². The summed E-state index contributed by atoms with van der Waals surface area (Å²) >= 11 is 1.58. The van der Waals surface area contributed by atoms with Gasteiger partial charge in [0.05, 0.1) is 18.2 Å². The van der Waals surface area contributed by atoms with Gasteiger partial charge in [-0.15, -0.1) is 10.2 Å². The Morgan fingerprint density at radius 1 is 1.03 bits per heavy atom. The quantitative estimate of drug-likeness (QED) is 0.402. The molecule has 30 heavy (non-hydrogen) atoms. The lowest BCUT2D eigenvalue weighted by molar-refractivity contribution is 0.340. The Hall–Kier alpha value is -3.63. The van der Waals surface area contributed by atoms with E-state index < -0.39 is 0 Å². The molecule has 7 heteroatoms. The molecule has 0 amide bonds. The zero-order valence-corrected chi connectivity index (χ0v) is 17.2. The molecule has 0 saturated carbocycles. The zero-order valence-electron chi connectivity index (χ0n) is 16.4. The number of hydrogen-bond acceptors (Lipinski definition) is 6. The largest absolute Gasteiger partial charge is 0.494 e. The maximum absolute atomic E-state index is 9.13. The first-order valence-electron chi connectivity index (χ1n) is 9.49. The molecule has 0 fully saturated rings. The van der Waals surface area contributed by atoms with Crippen LogP contribution >= 0.6 is 11.8 Å². The van der Waals surface area contributed by atoms with Crippen LogP contribution in [-0.2, 0) is 5.75 Å². The number of pyridine rings is 1. The van der Waals surface area contributed by atoms with Gasteiger partial charge in [-0.1, -0.05) is 23.9 Å². The summed E-state index contributed by atoms with van der Waals surface area (Å²) in [6.07, 6.45) is 3.49. The van der Waals surface area contributed by atoms with Crippen LogP contribution in [0.25, 0.3) is 17.1 Å². The van der Waals surface area contributed by atoms with E-state index in [1.807, 2.05) is 66.1 Å². The molecule has 0 saturated heterocycles. The van der Waals surface area contributed by atoms with E-state index in [9.17, 15) is 0 Å². The minimum absolute atomic E-state index is 0.622. The molecule has 0 aliphatic heterocycles. The summed E-state index contributed by atoms with van der Waals surface area (Å²) in [5.74, 6) is 2.25. The first-order valence-corrected chi connectivity index (χ1v) is 10.5. The van der Waals surface area contributed by atoms with Crippen molar-refractivity contribution >= 4 is 11.8 Å². The molecule has 148 valence electrons. The van der Waals surface area contributed by atoms with Gasteiger partial charge in [-0.2, -0.15) is 5.26 Å². The van der Waals surface area contributed by atoms with E-state index in [0.29, 0.717) is 17.9 Å². The summed E-state index contributed by atoms with van der Waals surface area (Å²) in [4.78, 5) is 4.10. The molecule has 0 atom stereocenters. The summed E-state index contributed by atoms with van der Waals surface area (Å²) in [5, 5.41) is 18.8. The van der Waals surface area contributed by atoms with Gasteiger partial charge in [-0.05, 0) is 61.0 Å². The second-order valence-electron chi connectivity index (χ2n) is 6.41. The number of hydrogen-bond donors (Lipinski definition) is 0. The van der Waals surface area contributed by atoms with E-state index >= 15 is 0 Å². The second kappa shape index (κ2) is 9.25. The fourth-order valence-electron chi connectivity index (χ4n) is 3.02. The van der Waals surface area contributed by atoms with Gasteiger partial charge in [-0.3, -0.25) is 9.55 Å². The first-order chi connectivity index (χ1) is 14.8. The number of nitriles is 1. The second-order valence-corrected chi connectivity index (χ2v) is 7.35. The Labute approximate surface area is 179 Å². The van der Waals surface area contributed by atoms with E-state index in [1.54, 1.807) is 30.2 Å². The average Bonchev–Trinajstić information content (AvgIpc) is 3.23. The average molecular weight is 414 g/mol. The van der Waals surface area contributed by atoms with Crippen molar-refractivity contribution in [2.45, 2.75) is 17.8 Å². The summed E-state index contributed by atoms with van der Waals surface area (Å²) in [6, 6.07) is 21.5. The van der Waals surface area contributed by atoms with Gasteiger partial charge in [-0.25, -0.2) is 0 Å². The van der Waals surface area contributed by atoms with Crippen LogP contribution in [0.1, 0.15) is 18.1 Å². The molecule has 0 unspecified atom stereocenters. The minimum Gasteiger partial charge on any atom is -0.494 e. The molecule has 0 aliphatic rings. The van der Waals surface area contributed by atoms with Gasteiger partial charge in [0.15, 0.2) is 11.0 Å². The summed E-state index contributed by atoms with van der Waals surface area (Å²) in [6.45, 7) is 2.59. The maximum Gasteiger partial charge on any atom is 0.196 e. The molecule has 4 aromatic rings.